The average molecular weight is 103 g/mol. The molecule has 2 nitrogen and oxygen atoms in total. The van der Waals surface area contributed by atoms with E-state index in [2.05, 4.69) is 4.63 Å². The maximum atomic E-state index is 9.43. The summed E-state index contributed by atoms with van der Waals surface area (Å²) >= 11 is 1.39. The van der Waals surface area contributed by atoms with Gasteiger partial charge in [-0.3, -0.25) is 0 Å². The van der Waals surface area contributed by atoms with Gasteiger partial charge in [0.2, 0.25) is 0 Å². The first kappa shape index (κ1) is 6.01. The van der Waals surface area contributed by atoms with Gasteiger partial charge in [0, 0.05) is 0 Å². The van der Waals surface area contributed by atoms with Gasteiger partial charge in [0.05, 0.1) is 0 Å². The van der Waals surface area contributed by atoms with E-state index in [1.54, 1.807) is 0 Å². The van der Waals surface area contributed by atoms with E-state index in [1.165, 1.54) is 11.9 Å². The van der Waals surface area contributed by atoms with Gasteiger partial charge in [0.1, 0.15) is 0 Å². The van der Waals surface area contributed by atoms with E-state index in [0.717, 1.165) is 5.75 Å². The molecule has 0 saturated carbocycles. The zero-order valence-electron chi connectivity index (χ0n) is 3.60. The predicted octanol–water partition coefficient (Wildman–Crippen LogP) is 0.209. The number of rotatable bonds is 3. The molecule has 0 amide bonds. The molecule has 0 aromatic heterocycles. The first-order valence-corrected chi connectivity index (χ1v) is 2.71. The van der Waals surface area contributed by atoms with Crippen LogP contribution in [0.5, 0.6) is 0 Å². The quantitative estimate of drug-likeness (QED) is 0.314. The van der Waals surface area contributed by atoms with Crippen LogP contribution in [-0.4, -0.2) is 13.0 Å². The Hall–Kier alpha value is 0.0149. The Morgan fingerprint density at radius 2 is 2.67 bits per heavy atom. The second-order valence-electron chi connectivity index (χ2n) is 0.669. The molecular formula is C2H6BNOS. The molecule has 0 fully saturated rings. The minimum absolute atomic E-state index is 0.675. The Bertz CT molecular complexity index is 42.5. The molecule has 0 saturated heterocycles. The normalized spacial score (nSPS) is 6.83. The first-order chi connectivity index (χ1) is 2.91. The Labute approximate surface area is 42.1 Å². The van der Waals surface area contributed by atoms with Crippen LogP contribution < -0.4 is 4.63 Å². The molecule has 4 heteroatoms. The van der Waals surface area contributed by atoms with Gasteiger partial charge in [-0.1, -0.05) is 0 Å². The third-order valence-corrected chi connectivity index (χ3v) is 0.827. The van der Waals surface area contributed by atoms with Crippen LogP contribution in [0.4, 0.5) is 0 Å². The monoisotopic (exact) mass is 103 g/mol. The van der Waals surface area contributed by atoms with E-state index in [4.69, 9.17) is 0 Å². The molecule has 34 valence electrons. The average Bonchev–Trinajstić information content (AvgIpc) is 1.61. The molecule has 0 aromatic carbocycles. The Balaban J connectivity index is 2.49. The molecule has 0 unspecified atom stereocenters. The molecule has 1 N–H and O–H groups in total. The summed E-state index contributed by atoms with van der Waals surface area (Å²) < 4.78 is 11.9. The van der Waals surface area contributed by atoms with E-state index < -0.39 is 0 Å². The standard InChI is InChI=1S/C2H6BNOS/c1-2-6-4-3-5/h4H,2H2,1H3. The summed E-state index contributed by atoms with van der Waals surface area (Å²) in [6, 6.07) is 0. The van der Waals surface area contributed by atoms with Crippen molar-refractivity contribution in [2.45, 2.75) is 6.92 Å². The van der Waals surface area contributed by atoms with Gasteiger partial charge < -0.3 is 0 Å². The van der Waals surface area contributed by atoms with Crippen molar-refractivity contribution in [2.24, 2.45) is 0 Å². The SMILES string of the molecule is CCSNB=O. The van der Waals surface area contributed by atoms with Crippen molar-refractivity contribution >= 4 is 19.2 Å². The summed E-state index contributed by atoms with van der Waals surface area (Å²) in [5.41, 5.74) is 0. The minimum atomic E-state index is 0.675. The zero-order chi connectivity index (χ0) is 4.83. The van der Waals surface area contributed by atoms with Gasteiger partial charge in [0.25, 0.3) is 0 Å². The molecule has 6 heavy (non-hydrogen) atoms. The summed E-state index contributed by atoms with van der Waals surface area (Å²) in [5, 5.41) is 0. The van der Waals surface area contributed by atoms with Crippen molar-refractivity contribution in [1.29, 1.82) is 0 Å². The topological polar surface area (TPSA) is 29.1 Å². The molecule has 0 aliphatic heterocycles. The van der Waals surface area contributed by atoms with Crippen molar-refractivity contribution in [3.63, 3.8) is 0 Å². The molecule has 0 aliphatic rings. The first-order valence-electron chi connectivity index (χ1n) is 1.72. The molecule has 0 bridgehead atoms. The number of hydrogen-bond donors (Lipinski definition) is 1. The van der Waals surface area contributed by atoms with Crippen LogP contribution in [-0.2, 0) is 4.70 Å². The Morgan fingerprint density at radius 3 is 2.83 bits per heavy atom. The maximum absolute atomic E-state index is 9.43. The van der Waals surface area contributed by atoms with Gasteiger partial charge in [-0.05, 0) is 0 Å². The van der Waals surface area contributed by atoms with Crippen LogP contribution in [0.3, 0.4) is 0 Å². The van der Waals surface area contributed by atoms with E-state index in [9.17, 15) is 4.70 Å². The van der Waals surface area contributed by atoms with Crippen LogP contribution in [0.2, 0.25) is 0 Å². The van der Waals surface area contributed by atoms with Gasteiger partial charge in [-0.25, -0.2) is 0 Å². The van der Waals surface area contributed by atoms with Crippen molar-refractivity contribution < 1.29 is 4.70 Å². The zero-order valence-corrected chi connectivity index (χ0v) is 4.42. The number of nitrogens with one attached hydrogen (secondary N) is 1. The summed E-state index contributed by atoms with van der Waals surface area (Å²) in [5.74, 6) is 0.929. The van der Waals surface area contributed by atoms with Crippen molar-refractivity contribution in [2.75, 3.05) is 5.75 Å². The molecule has 0 aliphatic carbocycles. The second kappa shape index (κ2) is 5.01. The van der Waals surface area contributed by atoms with Gasteiger partial charge >= 0.3 is 41.2 Å². The molecule has 0 rings (SSSR count). The van der Waals surface area contributed by atoms with Crippen molar-refractivity contribution in [3.05, 3.63) is 0 Å². The van der Waals surface area contributed by atoms with Gasteiger partial charge in [-0.15, -0.1) is 0 Å². The summed E-state index contributed by atoms with van der Waals surface area (Å²) in [7, 11) is 0.675. The van der Waals surface area contributed by atoms with Crippen molar-refractivity contribution in [3.8, 4) is 0 Å². The van der Waals surface area contributed by atoms with E-state index >= 15 is 0 Å². The fourth-order valence-corrected chi connectivity index (χ4v) is 0.352. The van der Waals surface area contributed by atoms with Crippen LogP contribution in [0.15, 0.2) is 0 Å². The predicted molar refractivity (Wildman–Crippen MR) is 27.7 cm³/mol. The van der Waals surface area contributed by atoms with E-state index in [1.807, 2.05) is 6.92 Å². The fourth-order valence-electron chi connectivity index (χ4n) is 0.117. The molecule has 0 aromatic rings. The number of hydrogen-bond acceptors (Lipinski definition) is 2. The molecule has 0 radical (unpaired) electrons. The van der Waals surface area contributed by atoms with Gasteiger partial charge in [-0.2, -0.15) is 0 Å². The third-order valence-electron chi connectivity index (χ3n) is 0.276. The van der Waals surface area contributed by atoms with Crippen LogP contribution in [0.25, 0.3) is 0 Å². The molecule has 0 spiro atoms. The van der Waals surface area contributed by atoms with Crippen LogP contribution >= 0.6 is 11.9 Å². The summed E-state index contributed by atoms with van der Waals surface area (Å²) in [6.07, 6.45) is 0. The Morgan fingerprint density at radius 1 is 2.00 bits per heavy atom. The fraction of sp³-hybridized carbons (Fsp3) is 1.00. The summed E-state index contributed by atoms with van der Waals surface area (Å²) in [6.45, 7) is 1.97. The van der Waals surface area contributed by atoms with Crippen LogP contribution in [0.1, 0.15) is 6.92 Å². The second-order valence-corrected chi connectivity index (χ2v) is 1.77. The third kappa shape index (κ3) is 4.01. The van der Waals surface area contributed by atoms with E-state index in [0.29, 0.717) is 7.28 Å². The molecular weight excluding hydrogens is 96.9 g/mol. The van der Waals surface area contributed by atoms with Gasteiger partial charge in [0.15, 0.2) is 0 Å². The molecule has 0 atom stereocenters. The Kier molecular flexibility index (Phi) is 5.03. The van der Waals surface area contributed by atoms with Crippen LogP contribution in [0, 0.1) is 0 Å². The van der Waals surface area contributed by atoms with Crippen molar-refractivity contribution in [1.82, 2.24) is 4.63 Å². The van der Waals surface area contributed by atoms with E-state index in [-0.39, 0.29) is 0 Å². The molecule has 0 heterocycles. The summed E-state index contributed by atoms with van der Waals surface area (Å²) in [4.78, 5) is 0.